The molecule has 22 heavy (non-hydrogen) atoms. The Morgan fingerprint density at radius 3 is 2.86 bits per heavy atom. The Morgan fingerprint density at radius 2 is 2.18 bits per heavy atom. The first-order valence-electron chi connectivity index (χ1n) is 7.41. The fourth-order valence-corrected chi connectivity index (χ4v) is 3.40. The molecule has 0 bridgehead atoms. The lowest BCUT2D eigenvalue weighted by molar-refractivity contribution is 0.102. The Hall–Kier alpha value is -1.53. The predicted molar refractivity (Wildman–Crippen MR) is 88.7 cm³/mol. The molecule has 5 nitrogen and oxygen atoms in total. The Morgan fingerprint density at radius 1 is 1.41 bits per heavy atom. The average molecular weight is 321 g/mol. The van der Waals surface area contributed by atoms with E-state index in [2.05, 4.69) is 16.5 Å². The van der Waals surface area contributed by atoms with Crippen molar-refractivity contribution < 1.29 is 9.53 Å². The van der Waals surface area contributed by atoms with Crippen molar-refractivity contribution in [2.75, 3.05) is 19.5 Å². The molecular formula is C16H23N3O2S. The molecule has 0 N–H and O–H groups in total. The molecule has 0 fully saturated rings. The Balaban J connectivity index is 2.06. The monoisotopic (exact) mass is 321 g/mol. The summed E-state index contributed by atoms with van der Waals surface area (Å²) in [5.41, 5.74) is 2.91. The molecule has 0 aliphatic heterocycles. The van der Waals surface area contributed by atoms with Crippen LogP contribution in [-0.4, -0.2) is 39.4 Å². The lowest BCUT2D eigenvalue weighted by Gasteiger charge is -2.08. The molecule has 0 aliphatic rings. The first kappa shape index (κ1) is 16.8. The summed E-state index contributed by atoms with van der Waals surface area (Å²) in [4.78, 5) is 16.8. The number of nitrogens with zero attached hydrogens (tertiary/aromatic N) is 3. The number of methoxy groups -OCH3 is 1. The number of hydrogen-bond donors (Lipinski definition) is 0. The van der Waals surface area contributed by atoms with E-state index in [4.69, 9.17) is 4.74 Å². The highest BCUT2D eigenvalue weighted by Gasteiger charge is 2.16. The van der Waals surface area contributed by atoms with E-state index in [0.29, 0.717) is 12.4 Å². The number of ether oxygens (including phenoxy) is 1. The Bertz CT molecular complexity index is 646. The highest BCUT2D eigenvalue weighted by atomic mass is 32.2. The van der Waals surface area contributed by atoms with E-state index in [1.807, 2.05) is 30.7 Å². The summed E-state index contributed by atoms with van der Waals surface area (Å²) >= 11 is 1.49. The fraction of sp³-hybridized carbons (Fsp3) is 0.500. The molecule has 2 aromatic heterocycles. The Kier molecular flexibility index (Phi) is 5.85. The van der Waals surface area contributed by atoms with Crippen molar-refractivity contribution in [3.05, 3.63) is 35.4 Å². The first-order valence-corrected chi connectivity index (χ1v) is 8.39. The molecule has 0 aliphatic carbocycles. The van der Waals surface area contributed by atoms with Crippen LogP contribution >= 0.6 is 11.8 Å². The summed E-state index contributed by atoms with van der Waals surface area (Å²) in [5, 5.41) is 0.893. The molecule has 2 rings (SSSR count). The quantitative estimate of drug-likeness (QED) is 0.554. The number of hydrogen-bond acceptors (Lipinski definition) is 4. The largest absolute Gasteiger partial charge is 0.383 e. The van der Waals surface area contributed by atoms with Gasteiger partial charge >= 0.3 is 0 Å². The van der Waals surface area contributed by atoms with Gasteiger partial charge < -0.3 is 13.9 Å². The van der Waals surface area contributed by atoms with Crippen molar-refractivity contribution in [3.8, 4) is 0 Å². The van der Waals surface area contributed by atoms with Crippen LogP contribution in [0.3, 0.4) is 0 Å². The average Bonchev–Trinajstić information content (AvgIpc) is 3.07. The van der Waals surface area contributed by atoms with Gasteiger partial charge in [0.1, 0.15) is 0 Å². The second-order valence-corrected chi connectivity index (χ2v) is 6.08. The van der Waals surface area contributed by atoms with Gasteiger partial charge in [0.25, 0.3) is 0 Å². The maximum atomic E-state index is 12.5. The van der Waals surface area contributed by atoms with Gasteiger partial charge in [-0.25, -0.2) is 4.98 Å². The summed E-state index contributed by atoms with van der Waals surface area (Å²) in [6, 6.07) is 1.97. The highest BCUT2D eigenvalue weighted by molar-refractivity contribution is 7.99. The van der Waals surface area contributed by atoms with Gasteiger partial charge in [-0.1, -0.05) is 11.8 Å². The van der Waals surface area contributed by atoms with Crippen molar-refractivity contribution >= 4 is 17.5 Å². The van der Waals surface area contributed by atoms with E-state index in [1.54, 1.807) is 13.3 Å². The second kappa shape index (κ2) is 7.65. The van der Waals surface area contributed by atoms with E-state index in [-0.39, 0.29) is 5.78 Å². The molecule has 0 saturated carbocycles. The normalized spacial score (nSPS) is 11.1. The molecule has 2 heterocycles. The minimum atomic E-state index is 0.146. The molecule has 0 aromatic carbocycles. The molecule has 120 valence electrons. The van der Waals surface area contributed by atoms with Gasteiger partial charge in [0.2, 0.25) is 0 Å². The van der Waals surface area contributed by atoms with E-state index in [1.165, 1.54) is 11.8 Å². The zero-order valence-electron chi connectivity index (χ0n) is 13.6. The highest BCUT2D eigenvalue weighted by Crippen LogP contribution is 2.21. The molecule has 0 spiro atoms. The number of thioether (sulfide) groups is 1. The second-order valence-electron chi connectivity index (χ2n) is 5.14. The number of ketones is 1. The van der Waals surface area contributed by atoms with Gasteiger partial charge in [-0.3, -0.25) is 4.79 Å². The number of carbonyl (C=O) groups is 1. The van der Waals surface area contributed by atoms with Crippen LogP contribution < -0.4 is 0 Å². The van der Waals surface area contributed by atoms with Crippen molar-refractivity contribution in [2.45, 2.75) is 39.0 Å². The van der Waals surface area contributed by atoms with Crippen LogP contribution in [0.15, 0.2) is 23.6 Å². The van der Waals surface area contributed by atoms with Crippen LogP contribution in [0.1, 0.15) is 28.7 Å². The standard InChI is InChI=1S/C16H23N3O2S/c1-5-18-7-6-17-16(18)22-11-15(20)14-10-12(2)19(13(14)3)8-9-21-4/h6-7,10H,5,8-9,11H2,1-4H3. The lowest BCUT2D eigenvalue weighted by Crippen LogP contribution is -2.10. The van der Waals surface area contributed by atoms with Gasteiger partial charge in [-0.2, -0.15) is 0 Å². The third-order valence-electron chi connectivity index (χ3n) is 3.74. The van der Waals surface area contributed by atoms with E-state index >= 15 is 0 Å². The van der Waals surface area contributed by atoms with E-state index < -0.39 is 0 Å². The Labute approximate surface area is 135 Å². The van der Waals surface area contributed by atoms with Crippen LogP contribution in [0.5, 0.6) is 0 Å². The zero-order chi connectivity index (χ0) is 16.1. The van der Waals surface area contributed by atoms with Crippen LogP contribution in [-0.2, 0) is 17.8 Å². The van der Waals surface area contributed by atoms with Gasteiger partial charge in [-0.15, -0.1) is 0 Å². The van der Waals surface area contributed by atoms with Crippen LogP contribution in [0.2, 0.25) is 0 Å². The molecule has 0 amide bonds. The summed E-state index contributed by atoms with van der Waals surface area (Å²) in [5.74, 6) is 0.554. The molecule has 0 radical (unpaired) electrons. The number of rotatable bonds is 8. The minimum Gasteiger partial charge on any atom is -0.383 e. The van der Waals surface area contributed by atoms with E-state index in [0.717, 1.165) is 35.2 Å². The van der Waals surface area contributed by atoms with Gasteiger partial charge in [0.15, 0.2) is 10.9 Å². The third kappa shape index (κ3) is 3.62. The predicted octanol–water partition coefficient (Wildman–Crippen LogP) is 2.94. The molecular weight excluding hydrogens is 298 g/mol. The number of aryl methyl sites for hydroxylation is 2. The van der Waals surface area contributed by atoms with Gasteiger partial charge in [-0.05, 0) is 26.8 Å². The zero-order valence-corrected chi connectivity index (χ0v) is 14.4. The fourth-order valence-electron chi connectivity index (χ4n) is 2.49. The maximum Gasteiger partial charge on any atom is 0.175 e. The number of imidazole rings is 1. The summed E-state index contributed by atoms with van der Waals surface area (Å²) in [6.45, 7) is 8.37. The lowest BCUT2D eigenvalue weighted by atomic mass is 10.2. The molecule has 0 atom stereocenters. The van der Waals surface area contributed by atoms with Crippen LogP contribution in [0.25, 0.3) is 0 Å². The van der Waals surface area contributed by atoms with Crippen LogP contribution in [0, 0.1) is 13.8 Å². The molecule has 0 unspecified atom stereocenters. The van der Waals surface area contributed by atoms with Gasteiger partial charge in [0.05, 0.1) is 12.4 Å². The number of Topliss-reactive ketones (excluding diaryl/α,β-unsaturated/α-hetero) is 1. The minimum absolute atomic E-state index is 0.146. The number of carbonyl (C=O) groups excluding carboxylic acids is 1. The third-order valence-corrected chi connectivity index (χ3v) is 4.75. The molecule has 0 saturated heterocycles. The summed E-state index contributed by atoms with van der Waals surface area (Å²) in [7, 11) is 1.69. The summed E-state index contributed by atoms with van der Waals surface area (Å²) in [6.07, 6.45) is 3.70. The summed E-state index contributed by atoms with van der Waals surface area (Å²) < 4.78 is 9.30. The van der Waals surface area contributed by atoms with Gasteiger partial charge in [0, 0.05) is 49.5 Å². The molecule has 2 aromatic rings. The number of aromatic nitrogens is 3. The SMILES string of the molecule is CCn1ccnc1SCC(=O)c1cc(C)n(CCOC)c1C. The molecule has 6 heteroatoms. The van der Waals surface area contributed by atoms with Crippen molar-refractivity contribution in [1.82, 2.24) is 14.1 Å². The van der Waals surface area contributed by atoms with Crippen molar-refractivity contribution in [2.24, 2.45) is 0 Å². The topological polar surface area (TPSA) is 49.0 Å². The smallest absolute Gasteiger partial charge is 0.175 e. The maximum absolute atomic E-state index is 12.5. The van der Waals surface area contributed by atoms with E-state index in [9.17, 15) is 4.79 Å². The first-order chi connectivity index (χ1) is 10.6. The van der Waals surface area contributed by atoms with Crippen LogP contribution in [0.4, 0.5) is 0 Å². The van der Waals surface area contributed by atoms with Crippen molar-refractivity contribution in [1.29, 1.82) is 0 Å². The van der Waals surface area contributed by atoms with Crippen molar-refractivity contribution in [3.63, 3.8) is 0 Å².